The molecule has 1 aromatic heterocycles. The summed E-state index contributed by atoms with van der Waals surface area (Å²) in [7, 11) is 1.49. The van der Waals surface area contributed by atoms with Crippen molar-refractivity contribution in [1.82, 2.24) is 5.32 Å². The lowest BCUT2D eigenvalue weighted by atomic mass is 10.2. The summed E-state index contributed by atoms with van der Waals surface area (Å²) in [4.78, 5) is 12.9. The molecule has 1 atom stereocenters. The van der Waals surface area contributed by atoms with Gasteiger partial charge in [-0.15, -0.1) is 11.3 Å². The van der Waals surface area contributed by atoms with Crippen molar-refractivity contribution in [1.29, 1.82) is 0 Å². The molecule has 1 aromatic carbocycles. The van der Waals surface area contributed by atoms with Crippen LogP contribution in [0.3, 0.4) is 0 Å². The van der Waals surface area contributed by atoms with Gasteiger partial charge in [0.05, 0.1) is 12.7 Å². The summed E-state index contributed by atoms with van der Waals surface area (Å²) in [5.74, 6) is 0.109. The summed E-state index contributed by atoms with van der Waals surface area (Å²) in [5, 5.41) is 14.9. The number of halogens is 1. The van der Waals surface area contributed by atoms with Crippen molar-refractivity contribution in [2.24, 2.45) is 0 Å². The van der Waals surface area contributed by atoms with E-state index < -0.39 is 6.10 Å². The second-order valence-corrected chi connectivity index (χ2v) is 5.50. The van der Waals surface area contributed by atoms with Gasteiger partial charge in [-0.05, 0) is 29.6 Å². The number of methoxy groups -OCH3 is 1. The van der Waals surface area contributed by atoms with Gasteiger partial charge in [0, 0.05) is 16.4 Å². The topological polar surface area (TPSA) is 58.6 Å². The molecule has 0 aliphatic rings. The maximum atomic E-state index is 12.1. The van der Waals surface area contributed by atoms with E-state index in [1.807, 2.05) is 17.5 Å². The first-order valence-electron chi connectivity index (χ1n) is 5.95. The van der Waals surface area contributed by atoms with Crippen molar-refractivity contribution in [3.63, 3.8) is 0 Å². The number of carbonyl (C=O) groups excluding carboxylic acids is 1. The Morgan fingerprint density at radius 2 is 2.30 bits per heavy atom. The predicted octanol–water partition coefficient (Wildman–Crippen LogP) is 2.87. The van der Waals surface area contributed by atoms with Crippen LogP contribution in [-0.2, 0) is 0 Å². The molecule has 106 valence electrons. The molecule has 0 saturated carbocycles. The Kier molecular flexibility index (Phi) is 5.00. The number of carbonyl (C=O) groups is 1. The molecule has 1 heterocycles. The van der Waals surface area contributed by atoms with Gasteiger partial charge in [-0.2, -0.15) is 0 Å². The molecule has 0 aliphatic heterocycles. The van der Waals surface area contributed by atoms with Crippen molar-refractivity contribution in [2.45, 2.75) is 6.10 Å². The number of hydrogen-bond acceptors (Lipinski definition) is 4. The van der Waals surface area contributed by atoms with E-state index >= 15 is 0 Å². The van der Waals surface area contributed by atoms with E-state index in [-0.39, 0.29) is 12.5 Å². The van der Waals surface area contributed by atoms with Crippen LogP contribution in [0.2, 0.25) is 5.02 Å². The van der Waals surface area contributed by atoms with Gasteiger partial charge in [-0.3, -0.25) is 4.79 Å². The molecule has 4 nitrogen and oxygen atoms in total. The zero-order valence-electron chi connectivity index (χ0n) is 10.8. The maximum Gasteiger partial charge on any atom is 0.255 e. The standard InChI is InChI=1S/C14H14ClNO3S/c1-19-12-5-4-9(15)7-10(12)14(18)16-8-11(17)13-3-2-6-20-13/h2-7,11,17H,8H2,1H3,(H,16,18). The van der Waals surface area contributed by atoms with Crippen LogP contribution in [0.4, 0.5) is 0 Å². The molecule has 6 heteroatoms. The SMILES string of the molecule is COc1ccc(Cl)cc1C(=O)NCC(O)c1cccs1. The van der Waals surface area contributed by atoms with Crippen molar-refractivity contribution in [3.05, 3.63) is 51.2 Å². The van der Waals surface area contributed by atoms with E-state index in [0.29, 0.717) is 16.3 Å². The number of rotatable bonds is 5. The number of hydrogen-bond donors (Lipinski definition) is 2. The predicted molar refractivity (Wildman–Crippen MR) is 79.6 cm³/mol. The lowest BCUT2D eigenvalue weighted by Crippen LogP contribution is -2.28. The molecule has 0 aliphatic carbocycles. The van der Waals surface area contributed by atoms with Gasteiger partial charge in [0.15, 0.2) is 0 Å². The largest absolute Gasteiger partial charge is 0.496 e. The first-order valence-corrected chi connectivity index (χ1v) is 7.20. The summed E-state index contributed by atoms with van der Waals surface area (Å²) in [6.07, 6.45) is -0.718. The van der Waals surface area contributed by atoms with E-state index in [4.69, 9.17) is 16.3 Å². The average molecular weight is 312 g/mol. The van der Waals surface area contributed by atoms with Crippen molar-refractivity contribution < 1.29 is 14.6 Å². The fourth-order valence-corrected chi connectivity index (χ4v) is 2.61. The summed E-state index contributed by atoms with van der Waals surface area (Å²) in [5.41, 5.74) is 0.346. The molecule has 2 rings (SSSR count). The molecule has 0 spiro atoms. The fourth-order valence-electron chi connectivity index (χ4n) is 1.72. The van der Waals surface area contributed by atoms with Crippen molar-refractivity contribution in [3.8, 4) is 5.75 Å². The molecule has 2 N–H and O–H groups in total. The molecule has 1 unspecified atom stereocenters. The van der Waals surface area contributed by atoms with Crippen LogP contribution in [0.25, 0.3) is 0 Å². The molecule has 20 heavy (non-hydrogen) atoms. The second kappa shape index (κ2) is 6.74. The van der Waals surface area contributed by atoms with E-state index in [0.717, 1.165) is 4.88 Å². The Bertz CT molecular complexity index is 586. The summed E-state index contributed by atoms with van der Waals surface area (Å²) < 4.78 is 5.12. The second-order valence-electron chi connectivity index (χ2n) is 4.09. The highest BCUT2D eigenvalue weighted by atomic mass is 35.5. The third-order valence-electron chi connectivity index (χ3n) is 2.73. The number of aliphatic hydroxyl groups excluding tert-OH is 1. The highest BCUT2D eigenvalue weighted by Crippen LogP contribution is 2.23. The maximum absolute atomic E-state index is 12.1. The molecule has 0 radical (unpaired) electrons. The first-order chi connectivity index (χ1) is 9.61. The van der Waals surface area contributed by atoms with Gasteiger partial charge < -0.3 is 15.2 Å². The van der Waals surface area contributed by atoms with Crippen LogP contribution in [0.15, 0.2) is 35.7 Å². The summed E-state index contributed by atoms with van der Waals surface area (Å²) in [6.45, 7) is 0.134. The van der Waals surface area contributed by atoms with E-state index in [2.05, 4.69) is 5.32 Å². The zero-order valence-corrected chi connectivity index (χ0v) is 12.4. The fraction of sp³-hybridized carbons (Fsp3) is 0.214. The summed E-state index contributed by atoms with van der Waals surface area (Å²) in [6, 6.07) is 8.49. The lowest BCUT2D eigenvalue weighted by molar-refractivity contribution is 0.0915. The van der Waals surface area contributed by atoms with Gasteiger partial charge in [0.2, 0.25) is 0 Å². The van der Waals surface area contributed by atoms with E-state index in [9.17, 15) is 9.90 Å². The molecule has 1 amide bonds. The van der Waals surface area contributed by atoms with Gasteiger partial charge >= 0.3 is 0 Å². The normalized spacial score (nSPS) is 11.9. The molecular formula is C14H14ClNO3S. The first kappa shape index (κ1) is 14.8. The number of thiophene rings is 1. The van der Waals surface area contributed by atoms with E-state index in [1.54, 1.807) is 12.1 Å². The van der Waals surface area contributed by atoms with Crippen LogP contribution in [0.1, 0.15) is 21.3 Å². The molecule has 2 aromatic rings. The van der Waals surface area contributed by atoms with E-state index in [1.165, 1.54) is 24.5 Å². The number of ether oxygens (including phenoxy) is 1. The molecule has 0 fully saturated rings. The number of amides is 1. The Morgan fingerprint density at radius 1 is 1.50 bits per heavy atom. The minimum atomic E-state index is -0.718. The van der Waals surface area contributed by atoms with Gasteiger partial charge in [-0.1, -0.05) is 17.7 Å². The zero-order chi connectivity index (χ0) is 14.5. The Balaban J connectivity index is 2.03. The minimum absolute atomic E-state index is 0.134. The number of aliphatic hydroxyl groups is 1. The molecule has 0 saturated heterocycles. The van der Waals surface area contributed by atoms with Crippen LogP contribution in [0.5, 0.6) is 5.75 Å². The molecular weight excluding hydrogens is 298 g/mol. The lowest BCUT2D eigenvalue weighted by Gasteiger charge is -2.12. The smallest absolute Gasteiger partial charge is 0.255 e. The molecule has 0 bridgehead atoms. The van der Waals surface area contributed by atoms with Gasteiger partial charge in [0.1, 0.15) is 11.9 Å². The Labute approximate surface area is 126 Å². The Hall–Kier alpha value is -1.56. The van der Waals surface area contributed by atoms with Crippen LogP contribution < -0.4 is 10.1 Å². The number of nitrogens with one attached hydrogen (secondary N) is 1. The van der Waals surface area contributed by atoms with Crippen LogP contribution in [-0.4, -0.2) is 24.7 Å². The van der Waals surface area contributed by atoms with Crippen LogP contribution >= 0.6 is 22.9 Å². The van der Waals surface area contributed by atoms with Gasteiger partial charge in [-0.25, -0.2) is 0 Å². The summed E-state index contributed by atoms with van der Waals surface area (Å²) >= 11 is 7.32. The highest BCUT2D eigenvalue weighted by Gasteiger charge is 2.15. The highest BCUT2D eigenvalue weighted by molar-refractivity contribution is 7.10. The average Bonchev–Trinajstić information content (AvgIpc) is 2.98. The third kappa shape index (κ3) is 3.50. The quantitative estimate of drug-likeness (QED) is 0.892. The monoisotopic (exact) mass is 311 g/mol. The van der Waals surface area contributed by atoms with Crippen LogP contribution in [0, 0.1) is 0 Å². The van der Waals surface area contributed by atoms with Gasteiger partial charge in [0.25, 0.3) is 5.91 Å². The van der Waals surface area contributed by atoms with Crippen molar-refractivity contribution >= 4 is 28.8 Å². The third-order valence-corrected chi connectivity index (χ3v) is 3.94. The number of benzene rings is 1. The van der Waals surface area contributed by atoms with Crippen molar-refractivity contribution in [2.75, 3.05) is 13.7 Å². The Morgan fingerprint density at radius 3 is 2.95 bits per heavy atom. The minimum Gasteiger partial charge on any atom is -0.496 e.